The molecule has 2 aromatic rings. The molecule has 0 aliphatic carbocycles. The number of nitrogens with one attached hydrogen (secondary N) is 1. The molecule has 2 N–H and O–H groups in total. The van der Waals surface area contributed by atoms with Crippen LogP contribution >= 0.6 is 11.3 Å². The first-order valence-corrected chi connectivity index (χ1v) is 6.69. The fourth-order valence-corrected chi connectivity index (χ4v) is 2.30. The first kappa shape index (κ1) is 15.2. The topological polar surface area (TPSA) is 75.1 Å². The highest BCUT2D eigenvalue weighted by Gasteiger charge is 2.30. The number of hydrogen-bond acceptors (Lipinski definition) is 5. The number of halogens is 3. The van der Waals surface area contributed by atoms with Crippen molar-refractivity contribution in [3.8, 4) is 0 Å². The van der Waals surface area contributed by atoms with Crippen LogP contribution < -0.4 is 5.32 Å². The Kier molecular flexibility index (Phi) is 4.41. The van der Waals surface area contributed by atoms with Crippen LogP contribution in [0.5, 0.6) is 0 Å². The number of aromatic carboxylic acids is 1. The molecule has 0 amide bonds. The molecule has 0 saturated carbocycles. The lowest BCUT2D eigenvalue weighted by Crippen LogP contribution is -2.09. The lowest BCUT2D eigenvalue weighted by molar-refractivity contribution is -0.137. The Morgan fingerprint density at radius 2 is 2.19 bits per heavy atom. The van der Waals surface area contributed by atoms with Crippen molar-refractivity contribution in [1.29, 1.82) is 0 Å². The number of thiazole rings is 1. The molecular formula is C12H10F3N3O2S. The summed E-state index contributed by atoms with van der Waals surface area (Å²) >= 11 is 1.19. The van der Waals surface area contributed by atoms with Crippen LogP contribution in [0.15, 0.2) is 23.7 Å². The fraction of sp³-hybridized carbons (Fsp3) is 0.250. The lowest BCUT2D eigenvalue weighted by Gasteiger charge is -2.09. The van der Waals surface area contributed by atoms with Gasteiger partial charge >= 0.3 is 12.1 Å². The van der Waals surface area contributed by atoms with E-state index in [1.54, 1.807) is 0 Å². The number of nitrogens with zero attached hydrogens (tertiary/aromatic N) is 2. The smallest absolute Gasteiger partial charge is 0.416 e. The Hall–Kier alpha value is -2.16. The average molecular weight is 317 g/mol. The number of carboxylic acid groups (broad SMARTS) is 1. The van der Waals surface area contributed by atoms with Gasteiger partial charge in [-0.2, -0.15) is 13.2 Å². The third kappa shape index (κ3) is 4.15. The minimum atomic E-state index is -4.41. The zero-order valence-corrected chi connectivity index (χ0v) is 11.3. The second-order valence-corrected chi connectivity index (χ2v) is 4.98. The third-order valence-electron chi connectivity index (χ3n) is 2.50. The molecule has 0 radical (unpaired) electrons. The van der Waals surface area contributed by atoms with E-state index in [-0.39, 0.29) is 11.5 Å². The van der Waals surface area contributed by atoms with Crippen LogP contribution in [0.3, 0.4) is 0 Å². The van der Waals surface area contributed by atoms with Crippen LogP contribution in [0.25, 0.3) is 0 Å². The van der Waals surface area contributed by atoms with Gasteiger partial charge in [0.2, 0.25) is 0 Å². The van der Waals surface area contributed by atoms with Crippen LogP contribution in [0.4, 0.5) is 19.0 Å². The average Bonchev–Trinajstić information content (AvgIpc) is 2.87. The Bertz CT molecular complexity index is 643. The lowest BCUT2D eigenvalue weighted by atomic mass is 10.2. The van der Waals surface area contributed by atoms with Gasteiger partial charge in [-0.15, -0.1) is 11.3 Å². The summed E-state index contributed by atoms with van der Waals surface area (Å²) in [5, 5.41) is 13.5. The summed E-state index contributed by atoms with van der Waals surface area (Å²) in [5.74, 6) is -0.996. The molecule has 112 valence electrons. The number of pyridine rings is 1. The van der Waals surface area contributed by atoms with Crippen molar-refractivity contribution in [2.24, 2.45) is 0 Å². The SMILES string of the molecule is O=C(O)c1csc(CCNc2cc(C(F)(F)F)ccn2)n1. The van der Waals surface area contributed by atoms with Crippen molar-refractivity contribution < 1.29 is 23.1 Å². The summed E-state index contributed by atoms with van der Waals surface area (Å²) in [7, 11) is 0. The minimum Gasteiger partial charge on any atom is -0.476 e. The van der Waals surface area contributed by atoms with Crippen molar-refractivity contribution in [3.05, 3.63) is 40.0 Å². The van der Waals surface area contributed by atoms with Gasteiger partial charge in [0.05, 0.1) is 10.6 Å². The highest BCUT2D eigenvalue weighted by Crippen LogP contribution is 2.29. The molecule has 0 aliphatic rings. The summed E-state index contributed by atoms with van der Waals surface area (Å²) in [4.78, 5) is 18.3. The first-order chi connectivity index (χ1) is 9.86. The van der Waals surface area contributed by atoms with Gasteiger partial charge in [0.25, 0.3) is 0 Å². The maximum Gasteiger partial charge on any atom is 0.416 e. The minimum absolute atomic E-state index is 0.0350. The third-order valence-corrected chi connectivity index (χ3v) is 3.41. The predicted octanol–water partition coefficient (Wildman–Crippen LogP) is 2.91. The Morgan fingerprint density at radius 3 is 2.81 bits per heavy atom. The summed E-state index contributed by atoms with van der Waals surface area (Å²) in [6, 6.07) is 1.82. The second kappa shape index (κ2) is 6.08. The fourth-order valence-electron chi connectivity index (χ4n) is 1.52. The van der Waals surface area contributed by atoms with E-state index in [2.05, 4.69) is 15.3 Å². The maximum absolute atomic E-state index is 12.5. The predicted molar refractivity (Wildman–Crippen MR) is 70.5 cm³/mol. The van der Waals surface area contributed by atoms with E-state index in [1.807, 2.05) is 0 Å². The van der Waals surface area contributed by atoms with Gasteiger partial charge in [-0.3, -0.25) is 0 Å². The summed E-state index contributed by atoms with van der Waals surface area (Å²) in [5.41, 5.74) is -0.811. The molecule has 2 aromatic heterocycles. The molecule has 0 bridgehead atoms. The highest BCUT2D eigenvalue weighted by atomic mass is 32.1. The molecular weight excluding hydrogens is 307 g/mol. The molecule has 9 heteroatoms. The van der Waals surface area contributed by atoms with E-state index in [9.17, 15) is 18.0 Å². The highest BCUT2D eigenvalue weighted by molar-refractivity contribution is 7.09. The van der Waals surface area contributed by atoms with Crippen molar-refractivity contribution in [2.45, 2.75) is 12.6 Å². The number of alkyl halides is 3. The van der Waals surface area contributed by atoms with E-state index in [1.165, 1.54) is 16.7 Å². The van der Waals surface area contributed by atoms with Crippen LogP contribution in [0.1, 0.15) is 21.1 Å². The molecule has 0 spiro atoms. The normalized spacial score (nSPS) is 11.4. The molecule has 0 aromatic carbocycles. The number of rotatable bonds is 5. The number of hydrogen-bond donors (Lipinski definition) is 2. The zero-order chi connectivity index (χ0) is 15.5. The maximum atomic E-state index is 12.5. The number of anilines is 1. The van der Waals surface area contributed by atoms with E-state index in [0.717, 1.165) is 18.3 Å². The first-order valence-electron chi connectivity index (χ1n) is 5.81. The largest absolute Gasteiger partial charge is 0.476 e. The summed E-state index contributed by atoms with van der Waals surface area (Å²) < 4.78 is 37.5. The molecule has 0 unspecified atom stereocenters. The summed E-state index contributed by atoms with van der Waals surface area (Å²) in [6.07, 6.45) is -2.93. The molecule has 21 heavy (non-hydrogen) atoms. The van der Waals surface area contributed by atoms with Crippen LogP contribution in [0, 0.1) is 0 Å². The number of aromatic nitrogens is 2. The van der Waals surface area contributed by atoms with Crippen LogP contribution in [-0.2, 0) is 12.6 Å². The van der Waals surface area contributed by atoms with Crippen molar-refractivity contribution >= 4 is 23.1 Å². The molecule has 0 atom stereocenters. The van der Waals surface area contributed by atoms with E-state index in [0.29, 0.717) is 18.0 Å². The van der Waals surface area contributed by atoms with Gasteiger partial charge in [-0.05, 0) is 12.1 Å². The Labute approximate surface area is 121 Å². The molecule has 0 saturated heterocycles. The molecule has 2 heterocycles. The van der Waals surface area contributed by atoms with E-state index < -0.39 is 17.7 Å². The van der Waals surface area contributed by atoms with Crippen molar-refractivity contribution in [2.75, 3.05) is 11.9 Å². The van der Waals surface area contributed by atoms with Gasteiger partial charge in [0, 0.05) is 24.5 Å². The molecule has 0 aliphatic heterocycles. The van der Waals surface area contributed by atoms with Crippen molar-refractivity contribution in [3.63, 3.8) is 0 Å². The zero-order valence-electron chi connectivity index (χ0n) is 10.5. The molecule has 0 fully saturated rings. The monoisotopic (exact) mass is 317 g/mol. The van der Waals surface area contributed by atoms with Crippen LogP contribution in [-0.4, -0.2) is 27.6 Å². The van der Waals surface area contributed by atoms with Gasteiger partial charge in [-0.25, -0.2) is 14.8 Å². The summed E-state index contributed by atoms with van der Waals surface area (Å²) in [6.45, 7) is 0.306. The standard InChI is InChI=1S/C12H10F3N3O2S/c13-12(14,15)7-1-3-16-9(5-7)17-4-2-10-18-8(6-21-10)11(19)20/h1,3,5-6H,2,4H2,(H,16,17)(H,19,20). The molecule has 5 nitrogen and oxygen atoms in total. The van der Waals surface area contributed by atoms with Crippen molar-refractivity contribution in [1.82, 2.24) is 9.97 Å². The number of carbonyl (C=O) groups is 1. The number of carboxylic acids is 1. The Balaban J connectivity index is 1.92. The van der Waals surface area contributed by atoms with E-state index in [4.69, 9.17) is 5.11 Å². The van der Waals surface area contributed by atoms with Gasteiger partial charge in [0.15, 0.2) is 5.69 Å². The van der Waals surface area contributed by atoms with Gasteiger partial charge in [-0.1, -0.05) is 0 Å². The molecule has 2 rings (SSSR count). The Morgan fingerprint density at radius 1 is 1.43 bits per heavy atom. The second-order valence-electron chi connectivity index (χ2n) is 4.04. The van der Waals surface area contributed by atoms with Gasteiger partial charge < -0.3 is 10.4 Å². The van der Waals surface area contributed by atoms with Crippen LogP contribution in [0.2, 0.25) is 0 Å². The van der Waals surface area contributed by atoms with Gasteiger partial charge in [0.1, 0.15) is 5.82 Å². The van der Waals surface area contributed by atoms with E-state index >= 15 is 0 Å². The quantitative estimate of drug-likeness (QED) is 0.887.